The van der Waals surface area contributed by atoms with E-state index >= 15 is 0 Å². The molecule has 0 aliphatic carbocycles. The van der Waals surface area contributed by atoms with Gasteiger partial charge in [-0.25, -0.2) is 0 Å². The molecule has 0 saturated heterocycles. The Morgan fingerprint density at radius 2 is 0.513 bits per heavy atom. The van der Waals surface area contributed by atoms with Crippen LogP contribution in [-0.2, 0) is 28.6 Å². The second-order valence-corrected chi connectivity index (χ2v) is 21.6. The molecule has 0 N–H and O–H groups in total. The summed E-state index contributed by atoms with van der Waals surface area (Å²) in [6, 6.07) is 0. The molecule has 0 aromatic heterocycles. The van der Waals surface area contributed by atoms with Crippen molar-refractivity contribution in [3.63, 3.8) is 0 Å². The SMILES string of the molecule is CC/C=C\C/C=C\C/C=C\C/C=C\C/C=C\C/C=C\CCCCC(=O)OCC(COC(=O)CCCCCCCCC/C=C\CCCCCCCC)OC(=O)CCCCCCCCCCCCCCCCCCCCCC. The van der Waals surface area contributed by atoms with E-state index in [0.29, 0.717) is 19.3 Å². The second-order valence-electron chi connectivity index (χ2n) is 21.6. The second kappa shape index (κ2) is 64.1. The average Bonchev–Trinajstić information content (AvgIpc) is 3.42. The highest BCUT2D eigenvalue weighted by atomic mass is 16.6. The molecule has 6 heteroatoms. The molecule has 438 valence electrons. The molecule has 1 atom stereocenters. The molecule has 0 amide bonds. The Kier molecular flexibility index (Phi) is 61.2. The zero-order valence-corrected chi connectivity index (χ0v) is 50.3. The van der Waals surface area contributed by atoms with Crippen molar-refractivity contribution in [2.75, 3.05) is 13.2 Å². The number of carbonyl (C=O) groups excluding carboxylic acids is 3. The largest absolute Gasteiger partial charge is 0.462 e. The van der Waals surface area contributed by atoms with E-state index in [4.69, 9.17) is 14.2 Å². The summed E-state index contributed by atoms with van der Waals surface area (Å²) in [6.45, 7) is 6.53. The van der Waals surface area contributed by atoms with E-state index in [1.54, 1.807) is 0 Å². The van der Waals surface area contributed by atoms with E-state index in [1.165, 1.54) is 186 Å². The van der Waals surface area contributed by atoms with Gasteiger partial charge in [-0.1, -0.05) is 292 Å². The van der Waals surface area contributed by atoms with Crippen LogP contribution in [0.15, 0.2) is 85.1 Å². The number of esters is 3. The molecule has 0 aliphatic heterocycles. The van der Waals surface area contributed by atoms with Crippen molar-refractivity contribution in [2.45, 2.75) is 329 Å². The summed E-state index contributed by atoms with van der Waals surface area (Å²) in [4.78, 5) is 38.4. The van der Waals surface area contributed by atoms with E-state index in [1.807, 2.05) is 0 Å². The van der Waals surface area contributed by atoms with Crippen LogP contribution < -0.4 is 0 Å². The van der Waals surface area contributed by atoms with Crippen LogP contribution >= 0.6 is 0 Å². The summed E-state index contributed by atoms with van der Waals surface area (Å²) < 4.78 is 16.9. The predicted molar refractivity (Wildman–Crippen MR) is 330 cm³/mol. The number of allylic oxidation sites excluding steroid dienone is 14. The molecule has 0 aliphatic rings. The minimum atomic E-state index is -0.796. The first kappa shape index (κ1) is 72.6. The maximum absolute atomic E-state index is 12.9. The number of rotatable bonds is 59. The Hall–Kier alpha value is -3.41. The third-order valence-corrected chi connectivity index (χ3v) is 14.1. The van der Waals surface area contributed by atoms with Gasteiger partial charge in [-0.2, -0.15) is 0 Å². The van der Waals surface area contributed by atoms with Crippen molar-refractivity contribution < 1.29 is 28.6 Å². The fourth-order valence-electron chi connectivity index (χ4n) is 9.27. The van der Waals surface area contributed by atoms with Gasteiger partial charge in [-0.05, 0) is 96.3 Å². The van der Waals surface area contributed by atoms with Crippen LogP contribution in [0.25, 0.3) is 0 Å². The van der Waals surface area contributed by atoms with Crippen molar-refractivity contribution in [3.05, 3.63) is 85.1 Å². The average molecular weight is 1060 g/mol. The molecular weight excluding hydrogens is 937 g/mol. The number of hydrogen-bond donors (Lipinski definition) is 0. The number of ether oxygens (including phenoxy) is 3. The zero-order valence-electron chi connectivity index (χ0n) is 50.3. The van der Waals surface area contributed by atoms with Gasteiger partial charge in [0.25, 0.3) is 0 Å². The number of hydrogen-bond acceptors (Lipinski definition) is 6. The van der Waals surface area contributed by atoms with Crippen LogP contribution in [0.4, 0.5) is 0 Å². The van der Waals surface area contributed by atoms with Gasteiger partial charge in [0.05, 0.1) is 0 Å². The fourth-order valence-corrected chi connectivity index (χ4v) is 9.27. The van der Waals surface area contributed by atoms with Gasteiger partial charge in [-0.15, -0.1) is 0 Å². The summed E-state index contributed by atoms with van der Waals surface area (Å²) in [6.07, 6.45) is 84.5. The summed E-state index contributed by atoms with van der Waals surface area (Å²) in [7, 11) is 0. The van der Waals surface area contributed by atoms with Gasteiger partial charge in [-0.3, -0.25) is 14.4 Å². The van der Waals surface area contributed by atoms with E-state index in [9.17, 15) is 14.4 Å². The summed E-state index contributed by atoms with van der Waals surface area (Å²) in [5.41, 5.74) is 0. The predicted octanol–water partition coefficient (Wildman–Crippen LogP) is 22.3. The topological polar surface area (TPSA) is 78.9 Å². The first-order valence-electron chi connectivity index (χ1n) is 32.6. The standard InChI is InChI=1S/C70H122O6/c1-4-7-10-13-16-19-22-25-28-31-33-35-37-39-42-45-48-51-54-57-60-63-69(72)75-66-67(65-74-68(71)62-59-56-53-50-47-44-41-38-30-27-24-21-18-15-12-9-6-3)76-70(73)64-61-58-55-52-49-46-43-40-36-34-32-29-26-23-20-17-14-11-8-5-2/h7,10,16,19,25,27-28,30,33,35,39,42,48,51,67H,4-6,8-9,11-15,17-18,20-24,26,29,31-32,34,36-38,40-41,43-47,49-50,52-66H2,1-3H3/b10-7-,19-16-,28-25-,30-27-,35-33-,42-39-,51-48-. The zero-order chi connectivity index (χ0) is 55.0. The third kappa shape index (κ3) is 61.4. The highest BCUT2D eigenvalue weighted by molar-refractivity contribution is 5.71. The molecule has 0 heterocycles. The smallest absolute Gasteiger partial charge is 0.306 e. The normalized spacial score (nSPS) is 12.6. The van der Waals surface area contributed by atoms with Gasteiger partial charge in [0.1, 0.15) is 13.2 Å². The van der Waals surface area contributed by atoms with E-state index in [2.05, 4.69) is 106 Å². The van der Waals surface area contributed by atoms with E-state index in [0.717, 1.165) is 96.3 Å². The Labute approximate surface area is 471 Å². The molecule has 0 aromatic carbocycles. The lowest BCUT2D eigenvalue weighted by Crippen LogP contribution is -2.30. The molecule has 0 bridgehead atoms. The van der Waals surface area contributed by atoms with Gasteiger partial charge in [0.2, 0.25) is 0 Å². The lowest BCUT2D eigenvalue weighted by molar-refractivity contribution is -0.167. The molecule has 0 saturated carbocycles. The third-order valence-electron chi connectivity index (χ3n) is 14.1. The van der Waals surface area contributed by atoms with Gasteiger partial charge < -0.3 is 14.2 Å². The van der Waals surface area contributed by atoms with E-state index in [-0.39, 0.29) is 31.1 Å². The lowest BCUT2D eigenvalue weighted by Gasteiger charge is -2.18. The van der Waals surface area contributed by atoms with Crippen LogP contribution in [0.3, 0.4) is 0 Å². The quantitative estimate of drug-likeness (QED) is 0.0261. The maximum Gasteiger partial charge on any atom is 0.306 e. The Balaban J connectivity index is 4.44. The fraction of sp³-hybridized carbons (Fsp3) is 0.757. The van der Waals surface area contributed by atoms with Crippen molar-refractivity contribution in [1.82, 2.24) is 0 Å². The highest BCUT2D eigenvalue weighted by Gasteiger charge is 2.19. The van der Waals surface area contributed by atoms with E-state index < -0.39 is 6.10 Å². The molecule has 0 radical (unpaired) electrons. The molecule has 76 heavy (non-hydrogen) atoms. The summed E-state index contributed by atoms with van der Waals surface area (Å²) in [5.74, 6) is -0.923. The van der Waals surface area contributed by atoms with Gasteiger partial charge >= 0.3 is 17.9 Å². The Morgan fingerprint density at radius 3 is 0.842 bits per heavy atom. The van der Waals surface area contributed by atoms with Crippen LogP contribution in [0.5, 0.6) is 0 Å². The number of carbonyl (C=O) groups is 3. The van der Waals surface area contributed by atoms with Crippen LogP contribution in [0, 0.1) is 0 Å². The maximum atomic E-state index is 12.9. The monoisotopic (exact) mass is 1060 g/mol. The highest BCUT2D eigenvalue weighted by Crippen LogP contribution is 2.17. The van der Waals surface area contributed by atoms with Crippen molar-refractivity contribution in [2.24, 2.45) is 0 Å². The molecule has 1 unspecified atom stereocenters. The molecular formula is C70H122O6. The summed E-state index contributed by atoms with van der Waals surface area (Å²) >= 11 is 0. The lowest BCUT2D eigenvalue weighted by atomic mass is 10.0. The van der Waals surface area contributed by atoms with Gasteiger partial charge in [0, 0.05) is 19.3 Å². The first-order valence-corrected chi connectivity index (χ1v) is 32.6. The van der Waals surface area contributed by atoms with Gasteiger partial charge in [0.15, 0.2) is 6.10 Å². The van der Waals surface area contributed by atoms with Crippen LogP contribution in [0.2, 0.25) is 0 Å². The number of unbranched alkanes of at least 4 members (excludes halogenated alkanes) is 34. The minimum Gasteiger partial charge on any atom is -0.462 e. The van der Waals surface area contributed by atoms with Crippen LogP contribution in [-0.4, -0.2) is 37.2 Å². The van der Waals surface area contributed by atoms with Crippen molar-refractivity contribution in [3.8, 4) is 0 Å². The minimum absolute atomic E-state index is 0.0901. The van der Waals surface area contributed by atoms with Crippen molar-refractivity contribution in [1.29, 1.82) is 0 Å². The molecule has 0 fully saturated rings. The first-order chi connectivity index (χ1) is 37.5. The Bertz CT molecular complexity index is 1450. The molecule has 6 nitrogen and oxygen atoms in total. The Morgan fingerprint density at radius 1 is 0.276 bits per heavy atom. The molecule has 0 rings (SSSR count). The summed E-state index contributed by atoms with van der Waals surface area (Å²) in [5, 5.41) is 0. The molecule has 0 spiro atoms. The van der Waals surface area contributed by atoms with Crippen molar-refractivity contribution >= 4 is 17.9 Å². The van der Waals surface area contributed by atoms with Crippen LogP contribution in [0.1, 0.15) is 323 Å². The molecule has 0 aromatic rings.